The first kappa shape index (κ1) is 16.6. The first-order valence-corrected chi connectivity index (χ1v) is 8.41. The Balaban J connectivity index is 1.33. The molecule has 8 nitrogen and oxygen atoms in total. The van der Waals surface area contributed by atoms with Crippen molar-refractivity contribution in [1.82, 2.24) is 30.6 Å². The third-order valence-corrected chi connectivity index (χ3v) is 3.90. The molecule has 4 rings (SSSR count). The Hall–Kier alpha value is -3.81. The van der Waals surface area contributed by atoms with E-state index in [0.717, 1.165) is 11.1 Å². The van der Waals surface area contributed by atoms with E-state index in [9.17, 15) is 4.79 Å². The molecule has 27 heavy (non-hydrogen) atoms. The van der Waals surface area contributed by atoms with E-state index in [4.69, 9.17) is 4.52 Å². The van der Waals surface area contributed by atoms with Gasteiger partial charge in [-0.05, 0) is 12.1 Å². The molecule has 0 saturated heterocycles. The van der Waals surface area contributed by atoms with Crippen LogP contribution in [0.1, 0.15) is 16.3 Å². The number of pyridine rings is 1. The Morgan fingerprint density at radius 3 is 2.78 bits per heavy atom. The number of carbonyl (C=O) groups is 1. The van der Waals surface area contributed by atoms with Gasteiger partial charge in [0, 0.05) is 42.6 Å². The molecule has 8 heteroatoms. The molecule has 0 aliphatic carbocycles. The fraction of sp³-hybridized carbons (Fsp3) is 0.105. The minimum atomic E-state index is -0.298. The number of amides is 1. The lowest BCUT2D eigenvalue weighted by Crippen LogP contribution is -2.26. The summed E-state index contributed by atoms with van der Waals surface area (Å²) in [5.74, 6) is 1.51. The molecule has 0 aliphatic rings. The summed E-state index contributed by atoms with van der Waals surface area (Å²) in [6, 6.07) is 14.8. The molecule has 0 spiro atoms. The van der Waals surface area contributed by atoms with Gasteiger partial charge in [0.05, 0.1) is 0 Å². The van der Waals surface area contributed by atoms with E-state index in [0.29, 0.717) is 30.4 Å². The maximum Gasteiger partial charge on any atom is 0.273 e. The van der Waals surface area contributed by atoms with Crippen LogP contribution in [0.25, 0.3) is 22.7 Å². The highest BCUT2D eigenvalue weighted by molar-refractivity contribution is 5.93. The Kier molecular flexibility index (Phi) is 4.69. The van der Waals surface area contributed by atoms with Crippen molar-refractivity contribution in [2.24, 2.45) is 0 Å². The van der Waals surface area contributed by atoms with Gasteiger partial charge in [0.1, 0.15) is 5.82 Å². The molecule has 4 aromatic rings. The van der Waals surface area contributed by atoms with Crippen LogP contribution in [-0.4, -0.2) is 37.8 Å². The van der Waals surface area contributed by atoms with Crippen molar-refractivity contribution in [3.8, 4) is 22.7 Å². The second-order valence-corrected chi connectivity index (χ2v) is 5.80. The van der Waals surface area contributed by atoms with Gasteiger partial charge in [0.2, 0.25) is 0 Å². The lowest BCUT2D eigenvalue weighted by atomic mass is 10.1. The third kappa shape index (κ3) is 3.90. The van der Waals surface area contributed by atoms with E-state index in [1.54, 1.807) is 18.5 Å². The Labute approximate surface area is 154 Å². The van der Waals surface area contributed by atoms with Crippen LogP contribution in [0.4, 0.5) is 0 Å². The molecule has 0 radical (unpaired) electrons. The van der Waals surface area contributed by atoms with Crippen molar-refractivity contribution < 1.29 is 9.32 Å². The van der Waals surface area contributed by atoms with Crippen LogP contribution in [0.15, 0.2) is 65.4 Å². The first-order chi connectivity index (χ1) is 13.3. The highest BCUT2D eigenvalue weighted by Crippen LogP contribution is 2.19. The van der Waals surface area contributed by atoms with Crippen LogP contribution in [0.2, 0.25) is 0 Å². The van der Waals surface area contributed by atoms with E-state index >= 15 is 0 Å². The summed E-state index contributed by atoms with van der Waals surface area (Å²) in [7, 11) is 0. The van der Waals surface area contributed by atoms with Crippen molar-refractivity contribution in [3.63, 3.8) is 0 Å². The normalized spacial score (nSPS) is 10.7. The lowest BCUT2D eigenvalue weighted by Gasteiger charge is -2.00. The number of carbonyl (C=O) groups excluding carboxylic acids is 1. The fourth-order valence-corrected chi connectivity index (χ4v) is 2.54. The van der Waals surface area contributed by atoms with E-state index in [1.807, 2.05) is 42.5 Å². The molecule has 0 bridgehead atoms. The van der Waals surface area contributed by atoms with Crippen LogP contribution in [0.5, 0.6) is 0 Å². The number of aromatic amines is 1. The van der Waals surface area contributed by atoms with Crippen LogP contribution >= 0.6 is 0 Å². The number of nitrogens with zero attached hydrogens (tertiary/aromatic N) is 4. The molecule has 2 N–H and O–H groups in total. The lowest BCUT2D eigenvalue weighted by molar-refractivity contribution is 0.0945. The topological polar surface area (TPSA) is 110 Å². The van der Waals surface area contributed by atoms with Gasteiger partial charge >= 0.3 is 0 Å². The summed E-state index contributed by atoms with van der Waals surface area (Å²) in [5, 5.41) is 13.7. The second kappa shape index (κ2) is 7.61. The molecule has 134 valence electrons. The van der Waals surface area contributed by atoms with Gasteiger partial charge in [-0.1, -0.05) is 35.5 Å². The van der Waals surface area contributed by atoms with Crippen LogP contribution in [0.3, 0.4) is 0 Å². The largest absolute Gasteiger partial charge is 0.355 e. The fourth-order valence-electron chi connectivity index (χ4n) is 2.54. The summed E-state index contributed by atoms with van der Waals surface area (Å²) in [5.41, 5.74) is 1.94. The van der Waals surface area contributed by atoms with Crippen LogP contribution in [0, 0.1) is 0 Å². The van der Waals surface area contributed by atoms with Crippen molar-refractivity contribution in [2.45, 2.75) is 6.42 Å². The van der Waals surface area contributed by atoms with E-state index < -0.39 is 0 Å². The monoisotopic (exact) mass is 360 g/mol. The zero-order chi connectivity index (χ0) is 18.5. The van der Waals surface area contributed by atoms with Gasteiger partial charge in [-0.2, -0.15) is 5.10 Å². The summed E-state index contributed by atoms with van der Waals surface area (Å²) in [4.78, 5) is 20.7. The minimum Gasteiger partial charge on any atom is -0.355 e. The molecule has 1 aromatic carbocycles. The van der Waals surface area contributed by atoms with E-state index in [2.05, 4.69) is 30.6 Å². The van der Waals surface area contributed by atoms with Gasteiger partial charge in [-0.25, -0.2) is 4.98 Å². The Morgan fingerprint density at radius 1 is 1.11 bits per heavy atom. The molecular weight excluding hydrogens is 344 g/mol. The molecule has 3 heterocycles. The summed E-state index contributed by atoms with van der Waals surface area (Å²) in [6.45, 7) is 0.397. The van der Waals surface area contributed by atoms with Crippen molar-refractivity contribution in [3.05, 3.63) is 72.4 Å². The molecule has 1 amide bonds. The predicted molar refractivity (Wildman–Crippen MR) is 97.6 cm³/mol. The highest BCUT2D eigenvalue weighted by Gasteiger charge is 2.13. The van der Waals surface area contributed by atoms with Gasteiger partial charge in [0.15, 0.2) is 17.3 Å². The highest BCUT2D eigenvalue weighted by atomic mass is 16.5. The number of aromatic nitrogens is 5. The maximum atomic E-state index is 12.2. The molecule has 0 fully saturated rings. The van der Waals surface area contributed by atoms with Crippen molar-refractivity contribution >= 4 is 5.91 Å². The summed E-state index contributed by atoms with van der Waals surface area (Å²) in [6.07, 6.45) is 3.91. The predicted octanol–water partition coefficient (Wildman–Crippen LogP) is 2.49. The quantitative estimate of drug-likeness (QED) is 0.547. The zero-order valence-electron chi connectivity index (χ0n) is 14.3. The number of nitrogens with one attached hydrogen (secondary N) is 2. The van der Waals surface area contributed by atoms with Gasteiger partial charge in [0.25, 0.3) is 5.91 Å². The van der Waals surface area contributed by atoms with E-state index in [-0.39, 0.29) is 11.6 Å². The first-order valence-electron chi connectivity index (χ1n) is 8.41. The Morgan fingerprint density at radius 2 is 1.96 bits per heavy atom. The Bertz CT molecular complexity index is 1030. The molecule has 0 saturated carbocycles. The average Bonchev–Trinajstić information content (AvgIpc) is 3.39. The number of rotatable bonds is 6. The average molecular weight is 360 g/mol. The smallest absolute Gasteiger partial charge is 0.273 e. The summed E-state index contributed by atoms with van der Waals surface area (Å²) >= 11 is 0. The standard InChI is InChI=1S/C19H16N6O2/c26-19(15-11-16(27-25-15)13-5-2-1-3-6-13)21-10-8-17-22-18(24-23-17)14-7-4-9-20-12-14/h1-7,9,11-12H,8,10H2,(H,21,26)(H,22,23,24). The third-order valence-electron chi connectivity index (χ3n) is 3.90. The van der Waals surface area contributed by atoms with Gasteiger partial charge in [-0.15, -0.1) is 0 Å². The maximum absolute atomic E-state index is 12.2. The number of hydrogen-bond donors (Lipinski definition) is 2. The van der Waals surface area contributed by atoms with Crippen LogP contribution < -0.4 is 5.32 Å². The van der Waals surface area contributed by atoms with Crippen molar-refractivity contribution in [2.75, 3.05) is 6.54 Å². The SMILES string of the molecule is O=C(NCCc1nc(-c2cccnc2)n[nH]1)c1cc(-c2ccccc2)on1. The number of benzene rings is 1. The molecule has 0 aliphatic heterocycles. The zero-order valence-corrected chi connectivity index (χ0v) is 14.3. The number of hydrogen-bond acceptors (Lipinski definition) is 6. The molecule has 0 unspecified atom stereocenters. The second-order valence-electron chi connectivity index (χ2n) is 5.80. The molecular formula is C19H16N6O2. The van der Waals surface area contributed by atoms with Gasteiger partial charge in [-0.3, -0.25) is 14.9 Å². The van der Waals surface area contributed by atoms with Crippen molar-refractivity contribution in [1.29, 1.82) is 0 Å². The minimum absolute atomic E-state index is 0.238. The molecule has 0 atom stereocenters. The van der Waals surface area contributed by atoms with Crippen LogP contribution in [-0.2, 0) is 6.42 Å². The van der Waals surface area contributed by atoms with Gasteiger partial charge < -0.3 is 9.84 Å². The molecule has 3 aromatic heterocycles. The number of H-pyrrole nitrogens is 1. The van der Waals surface area contributed by atoms with E-state index in [1.165, 1.54) is 0 Å². The summed E-state index contributed by atoms with van der Waals surface area (Å²) < 4.78 is 5.24.